The molecule has 1 saturated heterocycles. The molecule has 128 valence electrons. The number of hydrogen-bond donors (Lipinski definition) is 2. The lowest BCUT2D eigenvalue weighted by Gasteiger charge is -2.40. The Bertz CT molecular complexity index is 654. The topological polar surface area (TPSA) is 50.7 Å². The lowest BCUT2D eigenvalue weighted by atomic mass is 9.81. The Morgan fingerprint density at radius 1 is 0.875 bits per heavy atom. The molecule has 4 atom stereocenters. The number of benzene rings is 2. The molecule has 0 aliphatic carbocycles. The van der Waals surface area contributed by atoms with E-state index in [1.165, 1.54) is 11.1 Å². The second-order valence-electron chi connectivity index (χ2n) is 6.41. The summed E-state index contributed by atoms with van der Waals surface area (Å²) in [6.45, 7) is 2.09. The van der Waals surface area contributed by atoms with Gasteiger partial charge in [-0.3, -0.25) is 0 Å². The van der Waals surface area contributed by atoms with Crippen molar-refractivity contribution in [3.63, 3.8) is 0 Å². The molecule has 2 aromatic carbocycles. The Hall–Kier alpha value is -2.04. The van der Waals surface area contributed by atoms with E-state index in [2.05, 4.69) is 36.5 Å². The summed E-state index contributed by atoms with van der Waals surface area (Å²) in [5, 5.41) is 14.3. The summed E-state index contributed by atoms with van der Waals surface area (Å²) < 4.78 is 10.5. The van der Waals surface area contributed by atoms with Crippen molar-refractivity contribution < 1.29 is 14.6 Å². The molecule has 24 heavy (non-hydrogen) atoms. The van der Waals surface area contributed by atoms with Gasteiger partial charge in [0.2, 0.25) is 0 Å². The van der Waals surface area contributed by atoms with Gasteiger partial charge in [-0.25, -0.2) is 0 Å². The molecule has 0 unspecified atom stereocenters. The van der Waals surface area contributed by atoms with E-state index in [1.807, 2.05) is 24.3 Å². The van der Waals surface area contributed by atoms with Gasteiger partial charge in [-0.15, -0.1) is 0 Å². The van der Waals surface area contributed by atoms with E-state index < -0.39 is 0 Å². The van der Waals surface area contributed by atoms with Crippen LogP contribution in [0.4, 0.5) is 0 Å². The Balaban J connectivity index is 1.82. The van der Waals surface area contributed by atoms with E-state index >= 15 is 0 Å². The molecule has 2 N–H and O–H groups in total. The van der Waals surface area contributed by atoms with Crippen molar-refractivity contribution in [3.05, 3.63) is 59.7 Å². The van der Waals surface area contributed by atoms with Crippen molar-refractivity contribution >= 4 is 0 Å². The van der Waals surface area contributed by atoms with E-state index in [-0.39, 0.29) is 24.1 Å². The first-order chi connectivity index (χ1) is 11.6. The zero-order chi connectivity index (χ0) is 17.1. The van der Waals surface area contributed by atoms with E-state index in [9.17, 15) is 5.11 Å². The maximum Gasteiger partial charge on any atom is 0.118 e. The monoisotopic (exact) mass is 327 g/mol. The molecule has 0 aromatic heterocycles. The summed E-state index contributed by atoms with van der Waals surface area (Å²) in [7, 11) is 3.33. The molecule has 4 nitrogen and oxygen atoms in total. The van der Waals surface area contributed by atoms with Crippen LogP contribution < -0.4 is 14.8 Å². The van der Waals surface area contributed by atoms with E-state index in [0.717, 1.165) is 11.5 Å². The molecule has 1 fully saturated rings. The van der Waals surface area contributed by atoms with Crippen molar-refractivity contribution in [2.75, 3.05) is 14.2 Å². The van der Waals surface area contributed by atoms with Crippen LogP contribution in [0.15, 0.2) is 48.5 Å². The maximum atomic E-state index is 10.6. The molecule has 0 saturated carbocycles. The quantitative estimate of drug-likeness (QED) is 0.903. The molecule has 0 amide bonds. The van der Waals surface area contributed by atoms with Crippen LogP contribution in [0.2, 0.25) is 0 Å². The zero-order valence-corrected chi connectivity index (χ0v) is 14.4. The minimum Gasteiger partial charge on any atom is -0.497 e. The third-order valence-electron chi connectivity index (χ3n) is 4.98. The Morgan fingerprint density at radius 3 is 1.88 bits per heavy atom. The predicted octanol–water partition coefficient (Wildman–Crippen LogP) is 3.48. The fraction of sp³-hybridized carbons (Fsp3) is 0.400. The van der Waals surface area contributed by atoms with Gasteiger partial charge < -0.3 is 19.9 Å². The van der Waals surface area contributed by atoms with Gasteiger partial charge in [0.15, 0.2) is 0 Å². The summed E-state index contributed by atoms with van der Waals surface area (Å²) in [6.07, 6.45) is 0.366. The second-order valence-corrected chi connectivity index (χ2v) is 6.41. The highest BCUT2D eigenvalue weighted by Crippen LogP contribution is 2.37. The third-order valence-corrected chi connectivity index (χ3v) is 4.98. The van der Waals surface area contributed by atoms with Gasteiger partial charge in [-0.2, -0.15) is 0 Å². The van der Waals surface area contributed by atoms with Crippen LogP contribution in [0, 0.1) is 5.92 Å². The largest absolute Gasteiger partial charge is 0.497 e. The zero-order valence-electron chi connectivity index (χ0n) is 14.4. The summed E-state index contributed by atoms with van der Waals surface area (Å²) in [5.41, 5.74) is 2.33. The number of methoxy groups -OCH3 is 2. The highest BCUT2D eigenvalue weighted by molar-refractivity contribution is 5.32. The number of piperidine rings is 1. The molecule has 1 heterocycles. The summed E-state index contributed by atoms with van der Waals surface area (Å²) >= 11 is 0. The standard InChI is InChI=1S/C20H25NO3/c1-13-19(22)12-18(14-4-8-16(23-2)9-5-14)21-20(13)15-6-10-17(24-3)11-7-15/h4-11,13,18-22H,12H2,1-3H3/t13-,18-,19-,20+/m0/s1. The highest BCUT2D eigenvalue weighted by atomic mass is 16.5. The molecule has 4 heteroatoms. The SMILES string of the molecule is COc1ccc([C@@H]2C[C@H](O)[C@H](C)[C@H](c3ccc(OC)cc3)N2)cc1. The van der Waals surface area contributed by atoms with E-state index in [0.29, 0.717) is 6.42 Å². The lowest BCUT2D eigenvalue weighted by Crippen LogP contribution is -2.43. The van der Waals surface area contributed by atoms with Crippen LogP contribution in [0.5, 0.6) is 11.5 Å². The van der Waals surface area contributed by atoms with Gasteiger partial charge in [-0.05, 0) is 41.8 Å². The van der Waals surface area contributed by atoms with Gasteiger partial charge in [0, 0.05) is 18.0 Å². The first-order valence-electron chi connectivity index (χ1n) is 8.34. The highest BCUT2D eigenvalue weighted by Gasteiger charge is 2.35. The summed E-state index contributed by atoms with van der Waals surface area (Å²) in [5.74, 6) is 1.83. The van der Waals surface area contributed by atoms with Gasteiger partial charge in [0.25, 0.3) is 0 Å². The van der Waals surface area contributed by atoms with Crippen molar-refractivity contribution in [1.82, 2.24) is 5.32 Å². The maximum absolute atomic E-state index is 10.6. The number of nitrogens with one attached hydrogen (secondary N) is 1. The number of rotatable bonds is 4. The van der Waals surface area contributed by atoms with Gasteiger partial charge in [0.1, 0.15) is 11.5 Å². The molecule has 3 rings (SSSR count). The molecule has 1 aliphatic heterocycles. The molecule has 2 aromatic rings. The molecular weight excluding hydrogens is 302 g/mol. The average molecular weight is 327 g/mol. The number of aliphatic hydroxyl groups excluding tert-OH is 1. The first-order valence-corrected chi connectivity index (χ1v) is 8.34. The summed E-state index contributed by atoms with van der Waals surface area (Å²) in [6, 6.07) is 16.3. The van der Waals surface area contributed by atoms with Crippen LogP contribution in [-0.4, -0.2) is 25.4 Å². The van der Waals surface area contributed by atoms with Crippen LogP contribution in [-0.2, 0) is 0 Å². The van der Waals surface area contributed by atoms with Crippen molar-refractivity contribution in [3.8, 4) is 11.5 Å². The third kappa shape index (κ3) is 3.40. The first kappa shape index (κ1) is 16.8. The normalized spacial score (nSPS) is 26.8. The number of aliphatic hydroxyl groups is 1. The Labute approximate surface area is 143 Å². The summed E-state index contributed by atoms with van der Waals surface area (Å²) in [4.78, 5) is 0. The molecule has 0 bridgehead atoms. The van der Waals surface area contributed by atoms with Gasteiger partial charge in [0.05, 0.1) is 20.3 Å². The predicted molar refractivity (Wildman–Crippen MR) is 94.4 cm³/mol. The van der Waals surface area contributed by atoms with Crippen LogP contribution in [0.3, 0.4) is 0 Å². The second kappa shape index (κ2) is 7.24. The van der Waals surface area contributed by atoms with Crippen molar-refractivity contribution in [2.45, 2.75) is 31.5 Å². The fourth-order valence-electron chi connectivity index (χ4n) is 3.39. The molecule has 0 spiro atoms. The smallest absolute Gasteiger partial charge is 0.118 e. The fourth-order valence-corrected chi connectivity index (χ4v) is 3.39. The van der Waals surface area contributed by atoms with Gasteiger partial charge in [-0.1, -0.05) is 31.2 Å². The number of ether oxygens (including phenoxy) is 2. The van der Waals surface area contributed by atoms with Crippen molar-refractivity contribution in [2.24, 2.45) is 5.92 Å². The Morgan fingerprint density at radius 2 is 1.38 bits per heavy atom. The lowest BCUT2D eigenvalue weighted by molar-refractivity contribution is 0.0402. The molecule has 1 aliphatic rings. The average Bonchev–Trinajstić information content (AvgIpc) is 2.64. The van der Waals surface area contributed by atoms with Gasteiger partial charge >= 0.3 is 0 Å². The Kier molecular flexibility index (Phi) is 5.07. The van der Waals surface area contributed by atoms with Crippen LogP contribution in [0.1, 0.15) is 36.6 Å². The molecule has 0 radical (unpaired) electrons. The van der Waals surface area contributed by atoms with Crippen LogP contribution >= 0.6 is 0 Å². The molecular formula is C20H25NO3. The van der Waals surface area contributed by atoms with E-state index in [1.54, 1.807) is 14.2 Å². The van der Waals surface area contributed by atoms with Crippen LogP contribution in [0.25, 0.3) is 0 Å². The van der Waals surface area contributed by atoms with E-state index in [4.69, 9.17) is 9.47 Å². The minimum atomic E-state index is -0.342. The minimum absolute atomic E-state index is 0.103. The van der Waals surface area contributed by atoms with Crippen molar-refractivity contribution in [1.29, 1.82) is 0 Å². The number of hydrogen-bond acceptors (Lipinski definition) is 4.